The monoisotopic (exact) mass is 240 g/mol. The van der Waals surface area contributed by atoms with Gasteiger partial charge in [0.05, 0.1) is 0 Å². The molecule has 1 saturated heterocycles. The molecule has 0 aromatic heterocycles. The highest BCUT2D eigenvalue weighted by atomic mass is 32.2. The smallest absolute Gasteiger partial charge is 0.187 e. The van der Waals surface area contributed by atoms with Crippen LogP contribution in [0.3, 0.4) is 0 Å². The molecule has 0 atom stereocenters. The van der Waals surface area contributed by atoms with Crippen molar-refractivity contribution in [1.29, 1.82) is 0 Å². The minimum Gasteiger partial charge on any atom is -0.289 e. The maximum atomic E-state index is 12.6. The van der Waals surface area contributed by atoms with Crippen LogP contribution >= 0.6 is 23.5 Å². The molecule has 0 radical (unpaired) electrons. The van der Waals surface area contributed by atoms with Crippen LogP contribution in [-0.4, -0.2) is 17.3 Å². The molecule has 1 aliphatic heterocycles. The SMILES string of the molecule is O=C(C=C1SCCS1)c1ccc(F)cc1. The Morgan fingerprint density at radius 3 is 2.40 bits per heavy atom. The third kappa shape index (κ3) is 2.86. The van der Waals surface area contributed by atoms with Crippen LogP contribution in [0.15, 0.2) is 34.6 Å². The van der Waals surface area contributed by atoms with Crippen molar-refractivity contribution in [3.05, 3.63) is 46.0 Å². The van der Waals surface area contributed by atoms with E-state index in [-0.39, 0.29) is 11.6 Å². The van der Waals surface area contributed by atoms with Gasteiger partial charge in [0.25, 0.3) is 0 Å². The highest BCUT2D eigenvalue weighted by molar-refractivity contribution is 8.25. The van der Waals surface area contributed by atoms with Gasteiger partial charge in [0.15, 0.2) is 5.78 Å². The van der Waals surface area contributed by atoms with Crippen LogP contribution in [0.5, 0.6) is 0 Å². The predicted molar refractivity (Wildman–Crippen MR) is 63.7 cm³/mol. The van der Waals surface area contributed by atoms with Gasteiger partial charge in [0, 0.05) is 27.4 Å². The summed E-state index contributed by atoms with van der Waals surface area (Å²) in [4.78, 5) is 11.7. The molecule has 78 valence electrons. The van der Waals surface area contributed by atoms with Crippen LogP contribution in [0.1, 0.15) is 10.4 Å². The Hall–Kier alpha value is -0.740. The minimum absolute atomic E-state index is 0.0492. The quantitative estimate of drug-likeness (QED) is 0.583. The second kappa shape index (κ2) is 4.86. The number of carbonyl (C=O) groups excluding carboxylic acids is 1. The zero-order chi connectivity index (χ0) is 10.7. The molecule has 0 spiro atoms. The zero-order valence-electron chi connectivity index (χ0n) is 7.90. The lowest BCUT2D eigenvalue weighted by atomic mass is 10.1. The van der Waals surface area contributed by atoms with E-state index >= 15 is 0 Å². The van der Waals surface area contributed by atoms with E-state index in [2.05, 4.69) is 0 Å². The fraction of sp³-hybridized carbons (Fsp3) is 0.182. The average Bonchev–Trinajstić information content (AvgIpc) is 2.71. The van der Waals surface area contributed by atoms with Gasteiger partial charge in [-0.25, -0.2) is 4.39 Å². The summed E-state index contributed by atoms with van der Waals surface area (Å²) in [5, 5.41) is 0. The molecule has 1 aromatic rings. The number of rotatable bonds is 2. The molecular formula is C11H9FOS2. The number of hydrogen-bond donors (Lipinski definition) is 0. The topological polar surface area (TPSA) is 17.1 Å². The van der Waals surface area contributed by atoms with Crippen LogP contribution in [0, 0.1) is 5.82 Å². The van der Waals surface area contributed by atoms with Gasteiger partial charge in [-0.2, -0.15) is 0 Å². The number of benzene rings is 1. The maximum absolute atomic E-state index is 12.6. The lowest BCUT2D eigenvalue weighted by molar-refractivity contribution is 0.104. The largest absolute Gasteiger partial charge is 0.289 e. The lowest BCUT2D eigenvalue weighted by Gasteiger charge is -1.96. The van der Waals surface area contributed by atoms with Crippen molar-refractivity contribution in [3.8, 4) is 0 Å². The van der Waals surface area contributed by atoms with Gasteiger partial charge in [-0.3, -0.25) is 4.79 Å². The van der Waals surface area contributed by atoms with Crippen LogP contribution in [0.4, 0.5) is 4.39 Å². The lowest BCUT2D eigenvalue weighted by Crippen LogP contribution is -1.94. The normalized spacial score (nSPS) is 15.4. The first-order valence-corrected chi connectivity index (χ1v) is 6.50. The molecule has 0 amide bonds. The number of hydrogen-bond acceptors (Lipinski definition) is 3. The first-order valence-electron chi connectivity index (χ1n) is 4.53. The molecule has 0 N–H and O–H groups in total. The number of ketones is 1. The van der Waals surface area contributed by atoms with E-state index in [9.17, 15) is 9.18 Å². The summed E-state index contributed by atoms with van der Waals surface area (Å²) in [6.07, 6.45) is 1.63. The third-order valence-corrected chi connectivity index (χ3v) is 4.54. The van der Waals surface area contributed by atoms with Crippen molar-refractivity contribution < 1.29 is 9.18 Å². The fourth-order valence-electron chi connectivity index (χ4n) is 1.21. The zero-order valence-corrected chi connectivity index (χ0v) is 9.54. The Labute approximate surface area is 96.1 Å². The first kappa shape index (κ1) is 10.8. The van der Waals surface area contributed by atoms with E-state index in [1.54, 1.807) is 29.6 Å². The molecule has 4 heteroatoms. The van der Waals surface area contributed by atoms with E-state index in [0.29, 0.717) is 5.56 Å². The number of allylic oxidation sites excluding steroid dienone is 1. The highest BCUT2D eigenvalue weighted by Gasteiger charge is 2.11. The van der Waals surface area contributed by atoms with Crippen LogP contribution in [-0.2, 0) is 0 Å². The Morgan fingerprint density at radius 2 is 1.80 bits per heavy atom. The minimum atomic E-state index is -0.316. The molecule has 0 saturated carbocycles. The average molecular weight is 240 g/mol. The Morgan fingerprint density at radius 1 is 1.20 bits per heavy atom. The molecule has 1 heterocycles. The summed E-state index contributed by atoms with van der Waals surface area (Å²) >= 11 is 3.40. The summed E-state index contributed by atoms with van der Waals surface area (Å²) in [7, 11) is 0. The van der Waals surface area contributed by atoms with Gasteiger partial charge in [-0.1, -0.05) is 0 Å². The molecule has 15 heavy (non-hydrogen) atoms. The van der Waals surface area contributed by atoms with Crippen molar-refractivity contribution in [2.75, 3.05) is 11.5 Å². The molecule has 0 aliphatic carbocycles. The fourth-order valence-corrected chi connectivity index (χ4v) is 3.50. The summed E-state index contributed by atoms with van der Waals surface area (Å²) in [6, 6.07) is 5.64. The summed E-state index contributed by atoms with van der Waals surface area (Å²) in [5.41, 5.74) is 0.539. The Kier molecular flexibility index (Phi) is 3.49. The maximum Gasteiger partial charge on any atom is 0.187 e. The standard InChI is InChI=1S/C11H9FOS2/c12-9-3-1-8(2-4-9)10(13)7-11-14-5-6-15-11/h1-4,7H,5-6H2. The molecule has 2 rings (SSSR count). The van der Waals surface area contributed by atoms with Gasteiger partial charge in [-0.05, 0) is 24.3 Å². The highest BCUT2D eigenvalue weighted by Crippen LogP contribution is 2.36. The van der Waals surface area contributed by atoms with Crippen molar-refractivity contribution in [3.63, 3.8) is 0 Å². The molecule has 1 nitrogen and oxygen atoms in total. The number of halogens is 1. The van der Waals surface area contributed by atoms with Crippen molar-refractivity contribution in [1.82, 2.24) is 0 Å². The van der Waals surface area contributed by atoms with Gasteiger partial charge < -0.3 is 0 Å². The second-order valence-corrected chi connectivity index (χ2v) is 5.56. The number of thioether (sulfide) groups is 2. The summed E-state index contributed by atoms with van der Waals surface area (Å²) < 4.78 is 13.7. The molecule has 1 aliphatic rings. The third-order valence-electron chi connectivity index (χ3n) is 1.95. The van der Waals surface area contributed by atoms with Crippen LogP contribution in [0.25, 0.3) is 0 Å². The van der Waals surface area contributed by atoms with Gasteiger partial charge in [0.2, 0.25) is 0 Å². The Balaban J connectivity index is 2.14. The van der Waals surface area contributed by atoms with Crippen molar-refractivity contribution in [2.45, 2.75) is 0 Å². The predicted octanol–water partition coefficient (Wildman–Crippen LogP) is 3.33. The van der Waals surface area contributed by atoms with Crippen molar-refractivity contribution in [2.24, 2.45) is 0 Å². The van der Waals surface area contributed by atoms with Crippen LogP contribution in [0.2, 0.25) is 0 Å². The molecular weight excluding hydrogens is 231 g/mol. The summed E-state index contributed by atoms with van der Waals surface area (Å²) in [5.74, 6) is 1.76. The second-order valence-electron chi connectivity index (χ2n) is 3.03. The molecule has 1 aromatic carbocycles. The van der Waals surface area contributed by atoms with E-state index in [0.717, 1.165) is 15.7 Å². The first-order chi connectivity index (χ1) is 7.25. The van der Waals surface area contributed by atoms with Crippen LogP contribution < -0.4 is 0 Å². The molecule has 0 unspecified atom stereocenters. The van der Waals surface area contributed by atoms with Crippen molar-refractivity contribution >= 4 is 29.3 Å². The molecule has 0 bridgehead atoms. The Bertz CT molecular complexity index is 390. The van der Waals surface area contributed by atoms with E-state index in [1.807, 2.05) is 0 Å². The van der Waals surface area contributed by atoms with Gasteiger partial charge in [0.1, 0.15) is 5.82 Å². The van der Waals surface area contributed by atoms with E-state index < -0.39 is 0 Å². The molecule has 1 fully saturated rings. The van der Waals surface area contributed by atoms with Gasteiger partial charge >= 0.3 is 0 Å². The van der Waals surface area contributed by atoms with E-state index in [1.165, 1.54) is 24.3 Å². The summed E-state index contributed by atoms with van der Waals surface area (Å²) in [6.45, 7) is 0. The van der Waals surface area contributed by atoms with Gasteiger partial charge in [-0.15, -0.1) is 23.5 Å². The van der Waals surface area contributed by atoms with E-state index in [4.69, 9.17) is 0 Å². The number of carbonyl (C=O) groups is 1.